The summed E-state index contributed by atoms with van der Waals surface area (Å²) in [5.41, 5.74) is 0. The average molecular weight is 278 g/mol. The molecule has 0 spiro atoms. The Morgan fingerprint density at radius 2 is 1.90 bits per heavy atom. The fourth-order valence-electron chi connectivity index (χ4n) is 3.53. The molecule has 1 aliphatic carbocycles. The van der Waals surface area contributed by atoms with Gasteiger partial charge in [0.2, 0.25) is 5.89 Å². The van der Waals surface area contributed by atoms with Gasteiger partial charge in [0.1, 0.15) is 0 Å². The van der Waals surface area contributed by atoms with E-state index in [0.717, 1.165) is 30.7 Å². The van der Waals surface area contributed by atoms with Crippen molar-refractivity contribution in [2.75, 3.05) is 32.7 Å². The van der Waals surface area contributed by atoms with Crippen LogP contribution < -0.4 is 0 Å². The van der Waals surface area contributed by atoms with Gasteiger partial charge in [-0.25, -0.2) is 0 Å². The van der Waals surface area contributed by atoms with Crippen molar-refractivity contribution in [1.82, 2.24) is 19.9 Å². The summed E-state index contributed by atoms with van der Waals surface area (Å²) >= 11 is 0. The van der Waals surface area contributed by atoms with Gasteiger partial charge in [0.15, 0.2) is 5.82 Å². The molecule has 2 fully saturated rings. The maximum absolute atomic E-state index is 5.30. The monoisotopic (exact) mass is 278 g/mol. The Labute approximate surface area is 121 Å². The third-order valence-electron chi connectivity index (χ3n) is 4.85. The highest BCUT2D eigenvalue weighted by molar-refractivity contribution is 4.92. The first-order valence-corrected chi connectivity index (χ1v) is 7.99. The lowest BCUT2D eigenvalue weighted by molar-refractivity contribution is 0.0797. The summed E-state index contributed by atoms with van der Waals surface area (Å²) in [5, 5.41) is 3.89. The number of nitrogens with zero attached hydrogens (tertiary/aromatic N) is 4. The van der Waals surface area contributed by atoms with Crippen LogP contribution in [-0.2, 0) is 0 Å². The van der Waals surface area contributed by atoms with Crippen molar-refractivity contribution in [3.05, 3.63) is 11.7 Å². The Morgan fingerprint density at radius 3 is 2.50 bits per heavy atom. The van der Waals surface area contributed by atoms with E-state index in [0.29, 0.717) is 0 Å². The molecule has 0 radical (unpaired) electrons. The summed E-state index contributed by atoms with van der Waals surface area (Å²) in [6, 6.07) is 0.241. The first-order chi connectivity index (χ1) is 9.72. The van der Waals surface area contributed by atoms with Gasteiger partial charge in [-0.2, -0.15) is 4.98 Å². The second kappa shape index (κ2) is 6.22. The minimum absolute atomic E-state index is 0.241. The van der Waals surface area contributed by atoms with E-state index in [4.69, 9.17) is 4.52 Å². The van der Waals surface area contributed by atoms with E-state index in [2.05, 4.69) is 26.9 Å². The zero-order valence-corrected chi connectivity index (χ0v) is 12.7. The van der Waals surface area contributed by atoms with Crippen LogP contribution in [0.4, 0.5) is 0 Å². The Balaban J connectivity index is 1.48. The highest BCUT2D eigenvalue weighted by Gasteiger charge is 2.27. The topological polar surface area (TPSA) is 45.4 Å². The van der Waals surface area contributed by atoms with E-state index in [1.54, 1.807) is 0 Å². The summed E-state index contributed by atoms with van der Waals surface area (Å²) in [6.07, 6.45) is 5.77. The quantitative estimate of drug-likeness (QED) is 0.845. The molecule has 0 amide bonds. The lowest BCUT2D eigenvalue weighted by atomic mass is 10.1. The molecular weight excluding hydrogens is 252 g/mol. The van der Waals surface area contributed by atoms with Gasteiger partial charge in [-0.15, -0.1) is 0 Å². The molecule has 1 aromatic heterocycles. The maximum atomic E-state index is 5.30. The number of aryl methyl sites for hydroxylation is 1. The molecule has 1 aliphatic heterocycles. The molecule has 5 heteroatoms. The fraction of sp³-hybridized carbons (Fsp3) is 0.867. The maximum Gasteiger partial charge on any atom is 0.243 e. The number of rotatable bonds is 4. The van der Waals surface area contributed by atoms with Gasteiger partial charge in [0.05, 0.1) is 6.04 Å². The van der Waals surface area contributed by atoms with Crippen LogP contribution in [0.25, 0.3) is 0 Å². The zero-order valence-electron chi connectivity index (χ0n) is 12.7. The molecule has 1 saturated carbocycles. The first kappa shape index (κ1) is 14.0. The van der Waals surface area contributed by atoms with E-state index in [-0.39, 0.29) is 6.04 Å². The van der Waals surface area contributed by atoms with Crippen LogP contribution in [0.3, 0.4) is 0 Å². The van der Waals surface area contributed by atoms with Crippen molar-refractivity contribution >= 4 is 0 Å². The van der Waals surface area contributed by atoms with Crippen molar-refractivity contribution in [1.29, 1.82) is 0 Å². The molecule has 5 nitrogen and oxygen atoms in total. The zero-order chi connectivity index (χ0) is 13.9. The van der Waals surface area contributed by atoms with Crippen molar-refractivity contribution in [3.63, 3.8) is 0 Å². The van der Waals surface area contributed by atoms with E-state index in [1.807, 2.05) is 6.92 Å². The number of hydrogen-bond donors (Lipinski definition) is 0. The molecule has 3 rings (SSSR count). The van der Waals surface area contributed by atoms with Gasteiger partial charge in [-0.3, -0.25) is 4.90 Å². The summed E-state index contributed by atoms with van der Waals surface area (Å²) in [5.74, 6) is 2.44. The fourth-order valence-corrected chi connectivity index (χ4v) is 3.53. The third-order valence-corrected chi connectivity index (χ3v) is 4.85. The number of hydrogen-bond acceptors (Lipinski definition) is 5. The molecule has 0 aromatic carbocycles. The van der Waals surface area contributed by atoms with Gasteiger partial charge in [0, 0.05) is 32.7 Å². The third kappa shape index (κ3) is 3.20. The molecule has 1 atom stereocenters. The minimum atomic E-state index is 0.241. The molecule has 0 unspecified atom stereocenters. The van der Waals surface area contributed by atoms with Gasteiger partial charge in [-0.1, -0.05) is 18.0 Å². The summed E-state index contributed by atoms with van der Waals surface area (Å²) < 4.78 is 5.30. The predicted octanol–water partition coefficient (Wildman–Crippen LogP) is 2.25. The van der Waals surface area contributed by atoms with Crippen molar-refractivity contribution in [2.24, 2.45) is 5.92 Å². The lowest BCUT2D eigenvalue weighted by Gasteiger charge is -2.37. The van der Waals surface area contributed by atoms with Crippen molar-refractivity contribution in [3.8, 4) is 0 Å². The lowest BCUT2D eigenvalue weighted by Crippen LogP contribution is -2.48. The van der Waals surface area contributed by atoms with E-state index in [9.17, 15) is 0 Å². The molecule has 1 saturated heterocycles. The number of piperazine rings is 1. The standard InChI is InChI=1S/C15H26N4O/c1-12(15-16-13(2)17-20-15)19-9-7-18(8-10-19)11-14-5-3-4-6-14/h12,14H,3-11H2,1-2H3/t12-/m1/s1. The van der Waals surface area contributed by atoms with Crippen LogP contribution in [0.15, 0.2) is 4.52 Å². The van der Waals surface area contributed by atoms with Crippen LogP contribution in [-0.4, -0.2) is 52.7 Å². The normalized spacial score (nSPS) is 24.3. The highest BCUT2D eigenvalue weighted by atomic mass is 16.5. The van der Waals surface area contributed by atoms with Crippen LogP contribution >= 0.6 is 0 Å². The Hall–Kier alpha value is -0.940. The molecule has 20 heavy (non-hydrogen) atoms. The SMILES string of the molecule is Cc1noc([C@@H](C)N2CCN(CC3CCCC3)CC2)n1. The second-order valence-electron chi connectivity index (χ2n) is 6.34. The van der Waals surface area contributed by atoms with E-state index in [1.165, 1.54) is 45.3 Å². The van der Waals surface area contributed by atoms with Crippen molar-refractivity contribution < 1.29 is 4.52 Å². The molecular formula is C15H26N4O. The van der Waals surface area contributed by atoms with Gasteiger partial charge in [-0.05, 0) is 32.6 Å². The Morgan fingerprint density at radius 1 is 1.20 bits per heavy atom. The molecule has 2 aliphatic rings. The van der Waals surface area contributed by atoms with E-state index >= 15 is 0 Å². The molecule has 112 valence electrons. The Kier molecular flexibility index (Phi) is 4.36. The minimum Gasteiger partial charge on any atom is -0.338 e. The Bertz CT molecular complexity index is 419. The average Bonchev–Trinajstić information content (AvgIpc) is 3.10. The van der Waals surface area contributed by atoms with Gasteiger partial charge >= 0.3 is 0 Å². The smallest absolute Gasteiger partial charge is 0.243 e. The van der Waals surface area contributed by atoms with Crippen LogP contribution in [0, 0.1) is 12.8 Å². The van der Waals surface area contributed by atoms with Crippen molar-refractivity contribution in [2.45, 2.75) is 45.6 Å². The molecule has 0 bridgehead atoms. The second-order valence-corrected chi connectivity index (χ2v) is 6.34. The van der Waals surface area contributed by atoms with Gasteiger partial charge in [0.25, 0.3) is 0 Å². The molecule has 1 aromatic rings. The summed E-state index contributed by atoms with van der Waals surface area (Å²) in [6.45, 7) is 9.91. The van der Waals surface area contributed by atoms with E-state index < -0.39 is 0 Å². The van der Waals surface area contributed by atoms with Crippen LogP contribution in [0.1, 0.15) is 50.4 Å². The van der Waals surface area contributed by atoms with Crippen LogP contribution in [0.2, 0.25) is 0 Å². The van der Waals surface area contributed by atoms with Crippen LogP contribution in [0.5, 0.6) is 0 Å². The highest BCUT2D eigenvalue weighted by Crippen LogP contribution is 2.26. The summed E-state index contributed by atoms with van der Waals surface area (Å²) in [4.78, 5) is 9.45. The molecule has 0 N–H and O–H groups in total. The van der Waals surface area contributed by atoms with Gasteiger partial charge < -0.3 is 9.42 Å². The predicted molar refractivity (Wildman–Crippen MR) is 77.4 cm³/mol. The molecule has 2 heterocycles. The summed E-state index contributed by atoms with van der Waals surface area (Å²) in [7, 11) is 0. The largest absolute Gasteiger partial charge is 0.338 e. The number of aromatic nitrogens is 2. The first-order valence-electron chi connectivity index (χ1n) is 7.99.